The third-order valence-electron chi connectivity index (χ3n) is 4.59. The number of benzene rings is 1. The fourth-order valence-electron chi connectivity index (χ4n) is 3.16. The minimum absolute atomic E-state index is 0.0921. The highest BCUT2D eigenvalue weighted by Crippen LogP contribution is 2.27. The van der Waals surface area contributed by atoms with Gasteiger partial charge in [0.2, 0.25) is 0 Å². The molecule has 3 heterocycles. The van der Waals surface area contributed by atoms with Gasteiger partial charge in [-0.15, -0.1) is 0 Å². The summed E-state index contributed by atoms with van der Waals surface area (Å²) in [6.07, 6.45) is 3.77. The predicted octanol–water partition coefficient (Wildman–Crippen LogP) is 1.81. The fourth-order valence-corrected chi connectivity index (χ4v) is 3.51. The number of thioether (sulfide) groups is 1. The van der Waals surface area contributed by atoms with E-state index in [1.54, 1.807) is 12.1 Å². The Bertz CT molecular complexity index is 956. The van der Waals surface area contributed by atoms with Gasteiger partial charge in [0.1, 0.15) is 5.82 Å². The van der Waals surface area contributed by atoms with Crippen LogP contribution in [0.1, 0.15) is 10.4 Å². The van der Waals surface area contributed by atoms with Crippen LogP contribution in [0.3, 0.4) is 0 Å². The van der Waals surface area contributed by atoms with E-state index in [4.69, 9.17) is 9.72 Å². The lowest BCUT2D eigenvalue weighted by Crippen LogP contribution is -2.37. The average molecular weight is 398 g/mol. The molecule has 1 aromatic carbocycles. The fraction of sp³-hybridized carbons (Fsp3) is 0.368. The molecule has 0 radical (unpaired) electrons. The Hall–Kier alpha value is -2.65. The summed E-state index contributed by atoms with van der Waals surface area (Å²) in [6, 6.07) is 9.19. The standard InChI is InChI=1S/C19H22N6O2S/c1-28-19-22-16(24-9-11-27-12-10-24)15-13-21-25(17(15)23-19)8-7-20-18(26)14-5-3-2-4-6-14/h2-6,13H,7-12H2,1H3,(H,20,26). The number of amides is 1. The smallest absolute Gasteiger partial charge is 0.251 e. The van der Waals surface area contributed by atoms with E-state index in [1.807, 2.05) is 35.3 Å². The Morgan fingerprint density at radius 2 is 2.00 bits per heavy atom. The summed E-state index contributed by atoms with van der Waals surface area (Å²) in [5.74, 6) is 0.808. The predicted molar refractivity (Wildman–Crippen MR) is 109 cm³/mol. The number of hydrogen-bond donors (Lipinski definition) is 1. The van der Waals surface area contributed by atoms with E-state index < -0.39 is 0 Å². The first-order valence-corrected chi connectivity index (χ1v) is 10.4. The first-order valence-electron chi connectivity index (χ1n) is 9.20. The van der Waals surface area contributed by atoms with Gasteiger partial charge in [-0.25, -0.2) is 14.6 Å². The highest BCUT2D eigenvalue weighted by molar-refractivity contribution is 7.98. The molecule has 0 saturated carbocycles. The monoisotopic (exact) mass is 398 g/mol. The van der Waals surface area contributed by atoms with Crippen molar-refractivity contribution < 1.29 is 9.53 Å². The summed E-state index contributed by atoms with van der Waals surface area (Å²) in [5, 5.41) is 9.06. The van der Waals surface area contributed by atoms with Crippen LogP contribution in [0.2, 0.25) is 0 Å². The van der Waals surface area contributed by atoms with Gasteiger partial charge < -0.3 is 15.0 Å². The summed E-state index contributed by atoms with van der Waals surface area (Å²) >= 11 is 1.51. The van der Waals surface area contributed by atoms with Gasteiger partial charge in [-0.3, -0.25) is 4.79 Å². The van der Waals surface area contributed by atoms with Gasteiger partial charge in [0.25, 0.3) is 5.91 Å². The maximum absolute atomic E-state index is 12.2. The number of rotatable bonds is 6. The number of hydrogen-bond acceptors (Lipinski definition) is 7. The Balaban J connectivity index is 1.52. The number of carbonyl (C=O) groups is 1. The second-order valence-electron chi connectivity index (χ2n) is 6.36. The minimum atomic E-state index is -0.0921. The Labute approximate surface area is 167 Å². The molecule has 9 heteroatoms. The van der Waals surface area contributed by atoms with Crippen LogP contribution in [0.5, 0.6) is 0 Å². The van der Waals surface area contributed by atoms with Crippen molar-refractivity contribution in [1.82, 2.24) is 25.1 Å². The van der Waals surface area contributed by atoms with Gasteiger partial charge >= 0.3 is 0 Å². The van der Waals surface area contributed by atoms with Crippen molar-refractivity contribution >= 4 is 34.5 Å². The number of morpholine rings is 1. The van der Waals surface area contributed by atoms with Crippen molar-refractivity contribution in [3.8, 4) is 0 Å². The van der Waals surface area contributed by atoms with Crippen molar-refractivity contribution in [2.24, 2.45) is 0 Å². The van der Waals surface area contributed by atoms with Crippen LogP contribution < -0.4 is 10.2 Å². The molecule has 0 aliphatic carbocycles. The van der Waals surface area contributed by atoms with Crippen LogP contribution in [-0.2, 0) is 11.3 Å². The largest absolute Gasteiger partial charge is 0.378 e. The summed E-state index contributed by atoms with van der Waals surface area (Å²) in [6.45, 7) is 4.00. The zero-order valence-electron chi connectivity index (χ0n) is 15.7. The molecule has 8 nitrogen and oxygen atoms in total. The second kappa shape index (κ2) is 8.57. The number of aromatic nitrogens is 4. The molecule has 1 aliphatic heterocycles. The van der Waals surface area contributed by atoms with Crippen LogP contribution in [0.4, 0.5) is 5.82 Å². The molecular weight excluding hydrogens is 376 g/mol. The lowest BCUT2D eigenvalue weighted by molar-refractivity contribution is 0.0952. The van der Waals surface area contributed by atoms with Gasteiger partial charge in [-0.2, -0.15) is 5.10 Å². The molecule has 0 spiro atoms. The van der Waals surface area contributed by atoms with E-state index in [-0.39, 0.29) is 5.91 Å². The molecule has 2 aromatic heterocycles. The van der Waals surface area contributed by atoms with Gasteiger partial charge in [0.15, 0.2) is 10.8 Å². The molecule has 0 unspecified atom stereocenters. The minimum Gasteiger partial charge on any atom is -0.378 e. The average Bonchev–Trinajstić information content (AvgIpc) is 3.17. The molecule has 1 fully saturated rings. The first kappa shape index (κ1) is 18.7. The van der Waals surface area contributed by atoms with E-state index >= 15 is 0 Å². The molecule has 1 amide bonds. The van der Waals surface area contributed by atoms with Crippen molar-refractivity contribution in [2.75, 3.05) is 44.0 Å². The van der Waals surface area contributed by atoms with Crippen LogP contribution >= 0.6 is 11.8 Å². The summed E-state index contributed by atoms with van der Waals surface area (Å²) in [4.78, 5) is 23.8. The third-order valence-corrected chi connectivity index (χ3v) is 5.14. The zero-order chi connectivity index (χ0) is 19.3. The number of ether oxygens (including phenoxy) is 1. The van der Waals surface area contributed by atoms with E-state index in [9.17, 15) is 4.79 Å². The second-order valence-corrected chi connectivity index (χ2v) is 7.13. The lowest BCUT2D eigenvalue weighted by atomic mass is 10.2. The van der Waals surface area contributed by atoms with Gasteiger partial charge in [0.05, 0.1) is 31.3 Å². The van der Waals surface area contributed by atoms with Gasteiger partial charge in [-0.05, 0) is 18.4 Å². The summed E-state index contributed by atoms with van der Waals surface area (Å²) in [7, 11) is 0. The SMILES string of the molecule is CSc1nc(N2CCOCC2)c2cnn(CCNC(=O)c3ccccc3)c2n1. The van der Waals surface area contributed by atoms with Crippen LogP contribution in [-0.4, -0.2) is 64.8 Å². The maximum atomic E-state index is 12.2. The Kier molecular flexibility index (Phi) is 5.73. The van der Waals surface area contributed by atoms with Gasteiger partial charge in [0, 0.05) is 25.2 Å². The van der Waals surface area contributed by atoms with Crippen molar-refractivity contribution in [2.45, 2.75) is 11.7 Å². The van der Waals surface area contributed by atoms with Crippen molar-refractivity contribution in [3.63, 3.8) is 0 Å². The van der Waals surface area contributed by atoms with Gasteiger partial charge in [-0.1, -0.05) is 30.0 Å². The molecule has 0 atom stereocenters. The highest BCUT2D eigenvalue weighted by atomic mass is 32.2. The summed E-state index contributed by atoms with van der Waals surface area (Å²) < 4.78 is 7.28. The quantitative estimate of drug-likeness (QED) is 0.501. The number of anilines is 1. The number of nitrogens with one attached hydrogen (secondary N) is 1. The zero-order valence-corrected chi connectivity index (χ0v) is 16.5. The number of fused-ring (bicyclic) bond motifs is 1. The molecule has 1 aliphatic rings. The van der Waals surface area contributed by atoms with Crippen molar-refractivity contribution in [1.29, 1.82) is 0 Å². The van der Waals surface area contributed by atoms with E-state index in [0.717, 1.165) is 29.9 Å². The lowest BCUT2D eigenvalue weighted by Gasteiger charge is -2.28. The van der Waals surface area contributed by atoms with Crippen LogP contribution in [0.15, 0.2) is 41.7 Å². The Morgan fingerprint density at radius 1 is 1.21 bits per heavy atom. The van der Waals surface area contributed by atoms with E-state index in [0.29, 0.717) is 37.0 Å². The normalized spacial score (nSPS) is 14.4. The van der Waals surface area contributed by atoms with Crippen molar-refractivity contribution in [3.05, 3.63) is 42.1 Å². The van der Waals surface area contributed by atoms with Crippen LogP contribution in [0.25, 0.3) is 11.0 Å². The van der Waals surface area contributed by atoms with E-state index in [2.05, 4.69) is 20.3 Å². The molecule has 1 saturated heterocycles. The molecule has 0 bridgehead atoms. The molecule has 1 N–H and O–H groups in total. The number of carbonyl (C=O) groups excluding carboxylic acids is 1. The Morgan fingerprint density at radius 3 is 2.75 bits per heavy atom. The van der Waals surface area contributed by atoms with E-state index in [1.165, 1.54) is 11.8 Å². The summed E-state index contributed by atoms with van der Waals surface area (Å²) in [5.41, 5.74) is 1.43. The highest BCUT2D eigenvalue weighted by Gasteiger charge is 2.20. The molecule has 28 heavy (non-hydrogen) atoms. The molecular formula is C19H22N6O2S. The third kappa shape index (κ3) is 3.95. The molecule has 3 aromatic rings. The first-order chi connectivity index (χ1) is 13.8. The molecule has 4 rings (SSSR count). The maximum Gasteiger partial charge on any atom is 0.251 e. The molecule has 146 valence electrons. The van der Waals surface area contributed by atoms with Crippen LogP contribution in [0, 0.1) is 0 Å². The topological polar surface area (TPSA) is 85.2 Å². The number of nitrogens with zero attached hydrogens (tertiary/aromatic N) is 5.